The topological polar surface area (TPSA) is 70.7 Å². The van der Waals surface area contributed by atoms with Crippen LogP contribution in [0.5, 0.6) is 0 Å². The van der Waals surface area contributed by atoms with Crippen LogP contribution in [-0.2, 0) is 16.1 Å². The SMILES string of the molecule is COC(=O)c1cc(NC(=S)NCc2cccc(N3CCCC3=O)c2)ccc1Cl. The second kappa shape index (κ2) is 9.03. The van der Waals surface area contributed by atoms with Crippen LogP contribution < -0.4 is 15.5 Å². The Balaban J connectivity index is 1.60. The number of nitrogens with one attached hydrogen (secondary N) is 2. The molecule has 1 saturated heterocycles. The van der Waals surface area contributed by atoms with Gasteiger partial charge in [0.15, 0.2) is 5.11 Å². The fourth-order valence-electron chi connectivity index (χ4n) is 2.98. The zero-order valence-electron chi connectivity index (χ0n) is 15.3. The molecule has 0 atom stereocenters. The number of nitrogens with zero attached hydrogens (tertiary/aromatic N) is 1. The maximum absolute atomic E-state index is 11.9. The van der Waals surface area contributed by atoms with Gasteiger partial charge in [0.1, 0.15) is 0 Å². The van der Waals surface area contributed by atoms with Crippen molar-refractivity contribution in [1.29, 1.82) is 0 Å². The summed E-state index contributed by atoms with van der Waals surface area (Å²) in [4.78, 5) is 25.5. The second-order valence-electron chi connectivity index (χ2n) is 6.31. The minimum Gasteiger partial charge on any atom is -0.465 e. The smallest absolute Gasteiger partial charge is 0.339 e. The van der Waals surface area contributed by atoms with Gasteiger partial charge in [-0.1, -0.05) is 23.7 Å². The Kier molecular flexibility index (Phi) is 6.49. The number of anilines is 2. The number of amides is 1. The summed E-state index contributed by atoms with van der Waals surface area (Å²) in [7, 11) is 1.30. The van der Waals surface area contributed by atoms with Crippen molar-refractivity contribution in [1.82, 2.24) is 5.32 Å². The standard InChI is InChI=1S/C20H20ClN3O3S/c1-27-19(26)16-11-14(7-8-17(16)21)23-20(28)22-12-13-4-2-5-15(10-13)24-9-3-6-18(24)25/h2,4-5,7-8,10-11H,3,6,9,12H2,1H3,(H2,22,23,28). The molecule has 0 aliphatic carbocycles. The molecule has 0 unspecified atom stereocenters. The van der Waals surface area contributed by atoms with E-state index in [1.54, 1.807) is 18.2 Å². The van der Waals surface area contributed by atoms with E-state index in [0.29, 0.717) is 28.8 Å². The lowest BCUT2D eigenvalue weighted by Crippen LogP contribution is -2.28. The molecule has 1 heterocycles. The monoisotopic (exact) mass is 417 g/mol. The van der Waals surface area contributed by atoms with Gasteiger partial charge >= 0.3 is 5.97 Å². The summed E-state index contributed by atoms with van der Waals surface area (Å²) in [5.74, 6) is -0.354. The predicted molar refractivity (Wildman–Crippen MR) is 114 cm³/mol. The highest BCUT2D eigenvalue weighted by atomic mass is 35.5. The van der Waals surface area contributed by atoms with E-state index in [1.165, 1.54) is 7.11 Å². The molecule has 0 bridgehead atoms. The van der Waals surface area contributed by atoms with Gasteiger partial charge in [-0.15, -0.1) is 0 Å². The van der Waals surface area contributed by atoms with Crippen LogP contribution in [0.1, 0.15) is 28.8 Å². The summed E-state index contributed by atoms with van der Waals surface area (Å²) in [5.41, 5.74) is 2.80. The molecule has 1 aliphatic heterocycles. The lowest BCUT2D eigenvalue weighted by Gasteiger charge is -2.17. The van der Waals surface area contributed by atoms with E-state index in [1.807, 2.05) is 29.2 Å². The van der Waals surface area contributed by atoms with E-state index in [0.717, 1.165) is 24.2 Å². The quantitative estimate of drug-likeness (QED) is 0.570. The van der Waals surface area contributed by atoms with Gasteiger partial charge in [-0.25, -0.2) is 4.79 Å². The van der Waals surface area contributed by atoms with E-state index in [2.05, 4.69) is 10.6 Å². The van der Waals surface area contributed by atoms with E-state index < -0.39 is 5.97 Å². The molecule has 2 aromatic rings. The fraction of sp³-hybridized carbons (Fsp3) is 0.250. The summed E-state index contributed by atoms with van der Waals surface area (Å²) >= 11 is 11.3. The van der Waals surface area contributed by atoms with E-state index in [-0.39, 0.29) is 11.5 Å². The van der Waals surface area contributed by atoms with Gasteiger partial charge in [0.05, 0.1) is 17.7 Å². The van der Waals surface area contributed by atoms with Crippen molar-refractivity contribution < 1.29 is 14.3 Å². The summed E-state index contributed by atoms with van der Waals surface area (Å²) in [6, 6.07) is 12.7. The predicted octanol–water partition coefficient (Wildman–Crippen LogP) is 3.74. The van der Waals surface area contributed by atoms with E-state index in [9.17, 15) is 9.59 Å². The molecule has 2 N–H and O–H groups in total. The highest BCUT2D eigenvalue weighted by Gasteiger charge is 2.21. The van der Waals surface area contributed by atoms with Crippen molar-refractivity contribution in [2.24, 2.45) is 0 Å². The van der Waals surface area contributed by atoms with Gasteiger partial charge in [0.25, 0.3) is 0 Å². The Morgan fingerprint density at radius 1 is 1.29 bits per heavy atom. The molecular weight excluding hydrogens is 398 g/mol. The highest BCUT2D eigenvalue weighted by Crippen LogP contribution is 2.23. The van der Waals surface area contributed by atoms with Crippen LogP contribution in [0, 0.1) is 0 Å². The first-order valence-corrected chi connectivity index (χ1v) is 9.58. The molecule has 1 fully saturated rings. The van der Waals surface area contributed by atoms with Gasteiger partial charge in [-0.3, -0.25) is 4.79 Å². The molecule has 0 aromatic heterocycles. The highest BCUT2D eigenvalue weighted by molar-refractivity contribution is 7.80. The molecule has 28 heavy (non-hydrogen) atoms. The number of rotatable bonds is 5. The first-order valence-electron chi connectivity index (χ1n) is 8.80. The van der Waals surface area contributed by atoms with Gasteiger partial charge in [-0.2, -0.15) is 0 Å². The molecule has 1 aliphatic rings. The van der Waals surface area contributed by atoms with Crippen molar-refractivity contribution in [3.05, 3.63) is 58.6 Å². The molecule has 0 spiro atoms. The third-order valence-electron chi connectivity index (χ3n) is 4.38. The number of benzene rings is 2. The van der Waals surface area contributed by atoms with Crippen molar-refractivity contribution >= 4 is 52.2 Å². The normalized spacial score (nSPS) is 13.4. The molecule has 0 saturated carbocycles. The number of thiocarbonyl (C=S) groups is 1. The van der Waals surface area contributed by atoms with E-state index >= 15 is 0 Å². The van der Waals surface area contributed by atoms with Crippen molar-refractivity contribution in [3.63, 3.8) is 0 Å². The minimum atomic E-state index is -0.513. The zero-order chi connectivity index (χ0) is 20.1. The summed E-state index contributed by atoms with van der Waals surface area (Å²) in [5, 5.41) is 6.86. The molecule has 2 aromatic carbocycles. The Morgan fingerprint density at radius 3 is 2.82 bits per heavy atom. The minimum absolute atomic E-state index is 0.159. The number of methoxy groups -OCH3 is 1. The molecule has 146 valence electrons. The van der Waals surface area contributed by atoms with Crippen molar-refractivity contribution in [2.45, 2.75) is 19.4 Å². The Morgan fingerprint density at radius 2 is 2.11 bits per heavy atom. The molecule has 0 radical (unpaired) electrons. The van der Waals surface area contributed by atoms with Gasteiger partial charge < -0.3 is 20.3 Å². The number of esters is 1. The largest absolute Gasteiger partial charge is 0.465 e. The van der Waals surface area contributed by atoms with Crippen LogP contribution in [0.25, 0.3) is 0 Å². The van der Waals surface area contributed by atoms with Crippen LogP contribution >= 0.6 is 23.8 Å². The van der Waals surface area contributed by atoms with Crippen molar-refractivity contribution in [2.75, 3.05) is 23.9 Å². The maximum Gasteiger partial charge on any atom is 0.339 e. The zero-order valence-corrected chi connectivity index (χ0v) is 16.9. The summed E-state index contributed by atoms with van der Waals surface area (Å²) in [6.45, 7) is 1.26. The number of halogens is 1. The molecule has 1 amide bonds. The van der Waals surface area contributed by atoms with Crippen LogP contribution in [0.2, 0.25) is 5.02 Å². The van der Waals surface area contributed by atoms with Crippen molar-refractivity contribution in [3.8, 4) is 0 Å². The number of hydrogen-bond acceptors (Lipinski definition) is 4. The first kappa shape index (κ1) is 20.1. The Bertz CT molecular complexity index is 919. The number of carbonyl (C=O) groups excluding carboxylic acids is 2. The van der Waals surface area contributed by atoms with Gasteiger partial charge in [0.2, 0.25) is 5.91 Å². The first-order chi connectivity index (χ1) is 13.5. The van der Waals surface area contributed by atoms with Crippen LogP contribution in [0.4, 0.5) is 11.4 Å². The number of carbonyl (C=O) groups is 2. The lowest BCUT2D eigenvalue weighted by atomic mass is 10.2. The third-order valence-corrected chi connectivity index (χ3v) is 4.95. The van der Waals surface area contributed by atoms with Gasteiger partial charge in [0, 0.05) is 30.9 Å². The summed E-state index contributed by atoms with van der Waals surface area (Å²) in [6.07, 6.45) is 1.50. The van der Waals surface area contributed by atoms with Crippen LogP contribution in [-0.4, -0.2) is 30.6 Å². The Labute approximate surface area is 173 Å². The molecule has 3 rings (SSSR count). The number of hydrogen-bond donors (Lipinski definition) is 2. The fourth-order valence-corrected chi connectivity index (χ4v) is 3.37. The molecular formula is C20H20ClN3O3S. The third kappa shape index (κ3) is 4.79. The maximum atomic E-state index is 11.9. The number of ether oxygens (including phenoxy) is 1. The van der Waals surface area contributed by atoms with Gasteiger partial charge in [-0.05, 0) is 54.5 Å². The average Bonchev–Trinajstić information content (AvgIpc) is 3.13. The van der Waals surface area contributed by atoms with Crippen LogP contribution in [0.3, 0.4) is 0 Å². The lowest BCUT2D eigenvalue weighted by molar-refractivity contribution is -0.117. The van der Waals surface area contributed by atoms with E-state index in [4.69, 9.17) is 28.6 Å². The second-order valence-corrected chi connectivity index (χ2v) is 7.13. The Hall–Kier alpha value is -2.64. The van der Waals surface area contributed by atoms with Crippen LogP contribution in [0.15, 0.2) is 42.5 Å². The molecule has 8 heteroatoms. The average molecular weight is 418 g/mol. The molecule has 6 nitrogen and oxygen atoms in total. The summed E-state index contributed by atoms with van der Waals surface area (Å²) < 4.78 is 4.72.